The maximum Gasteiger partial charge on any atom is 0.228 e. The van der Waals surface area contributed by atoms with Gasteiger partial charge in [-0.3, -0.25) is 4.79 Å². The molecule has 40 heavy (non-hydrogen) atoms. The Morgan fingerprint density at radius 2 is 1.55 bits per heavy atom. The summed E-state index contributed by atoms with van der Waals surface area (Å²) in [7, 11) is 1.65. The van der Waals surface area contributed by atoms with Gasteiger partial charge in [-0.05, 0) is 43.2 Å². The molecule has 0 radical (unpaired) electrons. The summed E-state index contributed by atoms with van der Waals surface area (Å²) >= 11 is 1.73. The van der Waals surface area contributed by atoms with Gasteiger partial charge in [-0.1, -0.05) is 107 Å². The number of methoxy groups -OCH3 is 1. The first-order valence-electron chi connectivity index (χ1n) is 15.2. The third-order valence-electron chi connectivity index (χ3n) is 7.15. The molecule has 1 N–H and O–H groups in total. The van der Waals surface area contributed by atoms with Gasteiger partial charge < -0.3 is 14.8 Å². The van der Waals surface area contributed by atoms with E-state index in [1.807, 2.05) is 36.4 Å². The van der Waals surface area contributed by atoms with Crippen molar-refractivity contribution in [1.29, 1.82) is 0 Å². The number of carbonyl (C=O) groups is 1. The number of amides is 1. The molecule has 0 fully saturated rings. The van der Waals surface area contributed by atoms with Crippen LogP contribution in [0.15, 0.2) is 54.2 Å². The van der Waals surface area contributed by atoms with Gasteiger partial charge in [0.15, 0.2) is 24.2 Å². The molecule has 0 aliphatic heterocycles. The second-order valence-electron chi connectivity index (χ2n) is 10.8. The quantitative estimate of drug-likeness (QED) is 0.110. The molecule has 0 aliphatic carbocycles. The minimum atomic E-state index is -0.0524. The molecule has 0 aliphatic rings. The fourth-order valence-electron chi connectivity index (χ4n) is 4.94. The van der Waals surface area contributed by atoms with E-state index in [4.69, 9.17) is 9.47 Å². The molecule has 0 bridgehead atoms. The standard InChI is InChI=1S/C34H48N2O3S/c1-4-5-6-7-8-9-10-11-12-13-14-15-21-39-32-20-19-29(23-33(32)38-3)24-34(37)35-31-18-16-17-30(22-31)26-36-25-28(2)40-27-36/h16-20,22-23,25,27H,4-15,21,24,26H2,1-3H3/p+1. The molecular weight excluding hydrogens is 516 g/mol. The minimum Gasteiger partial charge on any atom is -0.493 e. The SMILES string of the molecule is CCCCCCCCCCCCCCOc1ccc(CC(=O)Nc2cccc(C[n+]3csc(C)c3)c2)cc1OC. The zero-order valence-electron chi connectivity index (χ0n) is 24.9. The maximum absolute atomic E-state index is 12.8. The van der Waals surface area contributed by atoms with Gasteiger partial charge in [-0.2, -0.15) is 4.57 Å². The number of benzene rings is 2. The third kappa shape index (κ3) is 12.1. The van der Waals surface area contributed by atoms with Crippen molar-refractivity contribution in [3.63, 3.8) is 0 Å². The highest BCUT2D eigenvalue weighted by Crippen LogP contribution is 2.29. The summed E-state index contributed by atoms with van der Waals surface area (Å²) in [4.78, 5) is 14.0. The zero-order chi connectivity index (χ0) is 28.4. The van der Waals surface area contributed by atoms with Crippen LogP contribution >= 0.6 is 11.3 Å². The van der Waals surface area contributed by atoms with E-state index in [0.29, 0.717) is 12.4 Å². The van der Waals surface area contributed by atoms with E-state index in [0.717, 1.165) is 35.5 Å². The molecule has 1 heterocycles. The van der Waals surface area contributed by atoms with Crippen LogP contribution in [-0.4, -0.2) is 19.6 Å². The van der Waals surface area contributed by atoms with Gasteiger partial charge in [0, 0.05) is 11.3 Å². The monoisotopic (exact) mass is 565 g/mol. The molecule has 0 saturated heterocycles. The highest BCUT2D eigenvalue weighted by Gasteiger charge is 2.11. The topological polar surface area (TPSA) is 51.4 Å². The summed E-state index contributed by atoms with van der Waals surface area (Å²) < 4.78 is 13.7. The lowest BCUT2D eigenvalue weighted by atomic mass is 10.1. The molecule has 0 saturated carbocycles. The van der Waals surface area contributed by atoms with Crippen LogP contribution in [0.1, 0.15) is 100.0 Å². The minimum absolute atomic E-state index is 0.0524. The van der Waals surface area contributed by atoms with Crippen molar-refractivity contribution in [2.75, 3.05) is 19.0 Å². The Balaban J connectivity index is 1.34. The van der Waals surface area contributed by atoms with Crippen molar-refractivity contribution < 1.29 is 18.8 Å². The molecule has 0 unspecified atom stereocenters. The zero-order valence-corrected chi connectivity index (χ0v) is 25.7. The fourth-order valence-corrected chi connectivity index (χ4v) is 5.58. The lowest BCUT2D eigenvalue weighted by Crippen LogP contribution is -2.30. The first-order valence-corrected chi connectivity index (χ1v) is 16.1. The molecule has 6 heteroatoms. The Morgan fingerprint density at radius 1 is 0.850 bits per heavy atom. The second kappa shape index (κ2) is 18.5. The highest BCUT2D eigenvalue weighted by atomic mass is 32.1. The first kappa shape index (κ1) is 31.7. The molecule has 218 valence electrons. The Bertz CT molecular complexity index is 1140. The number of nitrogens with one attached hydrogen (secondary N) is 1. The van der Waals surface area contributed by atoms with Crippen molar-refractivity contribution in [2.45, 2.75) is 104 Å². The number of anilines is 1. The van der Waals surface area contributed by atoms with Gasteiger partial charge in [0.2, 0.25) is 11.4 Å². The highest BCUT2D eigenvalue weighted by molar-refractivity contribution is 7.09. The van der Waals surface area contributed by atoms with Crippen molar-refractivity contribution in [1.82, 2.24) is 0 Å². The van der Waals surface area contributed by atoms with Crippen molar-refractivity contribution in [3.05, 3.63) is 70.2 Å². The average molecular weight is 566 g/mol. The third-order valence-corrected chi connectivity index (χ3v) is 8.00. The van der Waals surface area contributed by atoms with Crippen LogP contribution < -0.4 is 19.4 Å². The largest absolute Gasteiger partial charge is 0.493 e. The Kier molecular flexibility index (Phi) is 14.6. The van der Waals surface area contributed by atoms with E-state index in [2.05, 4.69) is 41.5 Å². The van der Waals surface area contributed by atoms with Gasteiger partial charge in [-0.15, -0.1) is 0 Å². The summed E-state index contributed by atoms with van der Waals surface area (Å²) in [6.07, 6.45) is 18.3. The predicted molar refractivity (Wildman–Crippen MR) is 167 cm³/mol. The van der Waals surface area contributed by atoms with Crippen LogP contribution in [0.5, 0.6) is 11.5 Å². The molecule has 3 rings (SSSR count). The average Bonchev–Trinajstić information content (AvgIpc) is 3.36. The summed E-state index contributed by atoms with van der Waals surface area (Å²) in [6, 6.07) is 13.8. The van der Waals surface area contributed by atoms with E-state index < -0.39 is 0 Å². The van der Waals surface area contributed by atoms with Crippen LogP contribution in [0.2, 0.25) is 0 Å². The maximum atomic E-state index is 12.8. The van der Waals surface area contributed by atoms with Gasteiger partial charge in [0.05, 0.1) is 25.0 Å². The van der Waals surface area contributed by atoms with E-state index >= 15 is 0 Å². The van der Waals surface area contributed by atoms with E-state index in [1.165, 1.54) is 75.5 Å². The molecule has 0 spiro atoms. The number of aryl methyl sites for hydroxylation is 1. The number of ether oxygens (including phenoxy) is 2. The van der Waals surface area contributed by atoms with Crippen molar-refractivity contribution in [3.8, 4) is 11.5 Å². The molecule has 0 atom stereocenters. The van der Waals surface area contributed by atoms with E-state index in [9.17, 15) is 4.79 Å². The van der Waals surface area contributed by atoms with Crippen LogP contribution in [-0.2, 0) is 17.8 Å². The number of rotatable bonds is 20. The van der Waals surface area contributed by atoms with E-state index in [-0.39, 0.29) is 12.3 Å². The normalized spacial score (nSPS) is 11.0. The van der Waals surface area contributed by atoms with Crippen LogP contribution in [0.25, 0.3) is 0 Å². The van der Waals surface area contributed by atoms with Crippen molar-refractivity contribution >= 4 is 22.9 Å². The Labute approximate surface area is 245 Å². The fraction of sp³-hybridized carbons (Fsp3) is 0.529. The Morgan fingerprint density at radius 3 is 2.20 bits per heavy atom. The number of thiazole rings is 1. The number of aromatic nitrogens is 1. The number of nitrogens with zero attached hydrogens (tertiary/aromatic N) is 1. The number of carbonyl (C=O) groups excluding carboxylic acids is 1. The summed E-state index contributed by atoms with van der Waals surface area (Å²) in [6.45, 7) is 5.85. The first-order chi connectivity index (χ1) is 19.6. The van der Waals surface area contributed by atoms with Gasteiger partial charge in [-0.25, -0.2) is 0 Å². The van der Waals surface area contributed by atoms with Crippen LogP contribution in [0, 0.1) is 6.92 Å². The Hall–Kier alpha value is -2.86. The molecule has 3 aromatic rings. The van der Waals surface area contributed by atoms with Gasteiger partial charge in [0.1, 0.15) is 0 Å². The van der Waals surface area contributed by atoms with Crippen LogP contribution in [0.3, 0.4) is 0 Å². The smallest absolute Gasteiger partial charge is 0.228 e. The second-order valence-corrected chi connectivity index (χ2v) is 11.9. The number of hydrogen-bond donors (Lipinski definition) is 1. The summed E-state index contributed by atoms with van der Waals surface area (Å²) in [5.41, 5.74) is 4.97. The lowest BCUT2D eigenvalue weighted by molar-refractivity contribution is -0.683. The lowest BCUT2D eigenvalue weighted by Gasteiger charge is -2.12. The van der Waals surface area contributed by atoms with E-state index in [1.54, 1.807) is 18.4 Å². The van der Waals surface area contributed by atoms with Gasteiger partial charge in [0.25, 0.3) is 0 Å². The van der Waals surface area contributed by atoms with Gasteiger partial charge >= 0.3 is 0 Å². The van der Waals surface area contributed by atoms with Crippen LogP contribution in [0.4, 0.5) is 5.69 Å². The predicted octanol–water partition coefficient (Wildman–Crippen LogP) is 8.66. The van der Waals surface area contributed by atoms with Crippen molar-refractivity contribution in [2.24, 2.45) is 0 Å². The summed E-state index contributed by atoms with van der Waals surface area (Å²) in [5.74, 6) is 1.36. The molecular formula is C34H49N2O3S+. The molecule has 5 nitrogen and oxygen atoms in total. The number of unbranched alkanes of at least 4 members (excludes halogenated alkanes) is 11. The summed E-state index contributed by atoms with van der Waals surface area (Å²) in [5, 5.41) is 3.04. The molecule has 1 aromatic heterocycles. The molecule has 2 aromatic carbocycles. The number of hydrogen-bond acceptors (Lipinski definition) is 4. The molecule has 1 amide bonds.